The number of likely N-dealkylation sites (N-methyl/N-ethyl adjacent to an activating group) is 1. The van der Waals surface area contributed by atoms with Gasteiger partial charge in [-0.15, -0.1) is 0 Å². The lowest BCUT2D eigenvalue weighted by atomic mass is 9.96. The van der Waals surface area contributed by atoms with Crippen LogP contribution in [-0.2, 0) is 6.54 Å². The van der Waals surface area contributed by atoms with Gasteiger partial charge in [0.2, 0.25) is 5.95 Å². The average Bonchev–Trinajstić information content (AvgIpc) is 3.05. The van der Waals surface area contributed by atoms with E-state index in [1.54, 1.807) is 10.8 Å². The molecule has 4 aromatic carbocycles. The molecule has 0 saturated carbocycles. The Labute approximate surface area is 261 Å². The summed E-state index contributed by atoms with van der Waals surface area (Å²) in [5, 5.41) is 6.93. The van der Waals surface area contributed by atoms with Gasteiger partial charge in [-0.05, 0) is 72.3 Å². The van der Waals surface area contributed by atoms with Crippen molar-refractivity contribution in [2.24, 2.45) is 0 Å². The summed E-state index contributed by atoms with van der Waals surface area (Å²) in [6, 6.07) is 30.6. The number of anilines is 3. The third kappa shape index (κ3) is 5.29. The summed E-state index contributed by atoms with van der Waals surface area (Å²) < 4.78 is 1.68. The maximum Gasteiger partial charge on any atom is 0.260 e. The first kappa shape index (κ1) is 28.1. The SMILES string of the molecule is CCn1c(=O)c(-c2ccc(-c3cccc4ccccc34)cc2Cl)cc2cnc(Nc3ccc(N4CCN(C)CC4)cc3)nc21. The fraction of sp³-hybridized carbons (Fsp3) is 0.194. The van der Waals surface area contributed by atoms with Crippen molar-refractivity contribution in [2.75, 3.05) is 43.4 Å². The maximum absolute atomic E-state index is 13.8. The van der Waals surface area contributed by atoms with Crippen LogP contribution in [0.3, 0.4) is 0 Å². The summed E-state index contributed by atoms with van der Waals surface area (Å²) >= 11 is 6.87. The molecule has 220 valence electrons. The van der Waals surface area contributed by atoms with E-state index in [4.69, 9.17) is 16.6 Å². The molecular formula is C36H33ClN6O. The smallest absolute Gasteiger partial charge is 0.260 e. The number of nitrogens with zero attached hydrogens (tertiary/aromatic N) is 5. The van der Waals surface area contributed by atoms with E-state index in [0.29, 0.717) is 34.3 Å². The highest BCUT2D eigenvalue weighted by molar-refractivity contribution is 6.33. The quantitative estimate of drug-likeness (QED) is 0.214. The lowest BCUT2D eigenvalue weighted by Crippen LogP contribution is -2.44. The summed E-state index contributed by atoms with van der Waals surface area (Å²) in [5.74, 6) is 0.441. The van der Waals surface area contributed by atoms with Crippen molar-refractivity contribution in [2.45, 2.75) is 13.5 Å². The minimum Gasteiger partial charge on any atom is -0.369 e. The van der Waals surface area contributed by atoms with E-state index in [0.717, 1.165) is 53.8 Å². The molecule has 0 spiro atoms. The number of aryl methyl sites for hydroxylation is 1. The third-order valence-corrected chi connectivity index (χ3v) is 8.81. The number of nitrogens with one attached hydrogen (secondary N) is 1. The summed E-state index contributed by atoms with van der Waals surface area (Å²) in [6.45, 7) is 6.58. The van der Waals surface area contributed by atoms with Crippen LogP contribution < -0.4 is 15.8 Å². The summed E-state index contributed by atoms with van der Waals surface area (Å²) in [4.78, 5) is 27.9. The van der Waals surface area contributed by atoms with Crippen LogP contribution in [0.1, 0.15) is 6.92 Å². The molecule has 0 radical (unpaired) electrons. The number of benzene rings is 4. The molecule has 1 aliphatic heterocycles. The van der Waals surface area contributed by atoms with Crippen LogP contribution in [0.2, 0.25) is 5.02 Å². The Hall–Kier alpha value is -4.72. The van der Waals surface area contributed by atoms with Crippen molar-refractivity contribution in [1.82, 2.24) is 19.4 Å². The Balaban J connectivity index is 1.18. The van der Waals surface area contributed by atoms with Gasteiger partial charge < -0.3 is 15.1 Å². The van der Waals surface area contributed by atoms with E-state index < -0.39 is 0 Å². The van der Waals surface area contributed by atoms with Crippen molar-refractivity contribution >= 4 is 50.7 Å². The van der Waals surface area contributed by atoms with Gasteiger partial charge in [-0.3, -0.25) is 9.36 Å². The van der Waals surface area contributed by atoms with Gasteiger partial charge in [0.05, 0.1) is 0 Å². The van der Waals surface area contributed by atoms with E-state index in [1.807, 2.05) is 55.5 Å². The van der Waals surface area contributed by atoms with E-state index in [1.165, 1.54) is 11.1 Å². The van der Waals surface area contributed by atoms with E-state index >= 15 is 0 Å². The maximum atomic E-state index is 13.8. The van der Waals surface area contributed by atoms with E-state index in [-0.39, 0.29) is 5.56 Å². The number of aromatic nitrogens is 3. The Bertz CT molecular complexity index is 2040. The standard InChI is InChI=1S/C36H33ClN6O/c1-3-43-34-26(23-38-36(40-34)39-27-12-14-28(15-13-27)42-19-17-41(2)18-20-42)21-32(35(43)44)31-16-11-25(22-33(31)37)30-10-6-8-24-7-4-5-9-29(24)30/h4-16,21-23H,3,17-20H2,1-2H3,(H,38,39,40). The highest BCUT2D eigenvalue weighted by atomic mass is 35.5. The normalized spacial score (nSPS) is 13.9. The molecule has 0 aliphatic carbocycles. The third-order valence-electron chi connectivity index (χ3n) is 8.49. The van der Waals surface area contributed by atoms with Crippen molar-refractivity contribution in [3.63, 3.8) is 0 Å². The number of piperazine rings is 1. The van der Waals surface area contributed by atoms with Gasteiger partial charge in [0.25, 0.3) is 5.56 Å². The molecule has 3 heterocycles. The van der Waals surface area contributed by atoms with Crippen LogP contribution in [0.15, 0.2) is 102 Å². The molecule has 44 heavy (non-hydrogen) atoms. The van der Waals surface area contributed by atoms with Crippen molar-refractivity contribution < 1.29 is 0 Å². The van der Waals surface area contributed by atoms with Gasteiger partial charge in [0.15, 0.2) is 0 Å². The first-order valence-corrected chi connectivity index (χ1v) is 15.4. The largest absolute Gasteiger partial charge is 0.369 e. The molecule has 6 aromatic rings. The molecule has 0 unspecified atom stereocenters. The Morgan fingerprint density at radius 1 is 0.818 bits per heavy atom. The van der Waals surface area contributed by atoms with Crippen molar-refractivity contribution in [3.8, 4) is 22.3 Å². The molecule has 0 atom stereocenters. The lowest BCUT2D eigenvalue weighted by Gasteiger charge is -2.34. The molecule has 1 aliphatic rings. The predicted molar refractivity (Wildman–Crippen MR) is 182 cm³/mol. The summed E-state index contributed by atoms with van der Waals surface area (Å²) in [7, 11) is 2.16. The molecule has 1 saturated heterocycles. The van der Waals surface area contributed by atoms with Gasteiger partial charge in [0, 0.05) is 71.8 Å². The van der Waals surface area contributed by atoms with Gasteiger partial charge in [-0.1, -0.05) is 66.2 Å². The van der Waals surface area contributed by atoms with E-state index in [9.17, 15) is 4.79 Å². The zero-order valence-corrected chi connectivity index (χ0v) is 25.6. The Morgan fingerprint density at radius 3 is 2.36 bits per heavy atom. The number of hydrogen-bond acceptors (Lipinski definition) is 6. The number of pyridine rings is 1. The summed E-state index contributed by atoms with van der Waals surface area (Å²) in [5.41, 5.74) is 5.86. The van der Waals surface area contributed by atoms with Crippen LogP contribution in [-0.4, -0.2) is 52.7 Å². The number of hydrogen-bond donors (Lipinski definition) is 1. The highest BCUT2D eigenvalue weighted by Crippen LogP contribution is 2.35. The van der Waals surface area contributed by atoms with Crippen LogP contribution in [0.4, 0.5) is 17.3 Å². The molecule has 1 N–H and O–H groups in total. The lowest BCUT2D eigenvalue weighted by molar-refractivity contribution is 0.313. The fourth-order valence-electron chi connectivity index (χ4n) is 6.03. The molecule has 2 aromatic heterocycles. The molecule has 7 rings (SSSR count). The molecule has 7 nitrogen and oxygen atoms in total. The Morgan fingerprint density at radius 2 is 1.59 bits per heavy atom. The Kier molecular flexibility index (Phi) is 7.50. The topological polar surface area (TPSA) is 66.3 Å². The average molecular weight is 601 g/mol. The van der Waals surface area contributed by atoms with Crippen molar-refractivity contribution in [3.05, 3.63) is 113 Å². The van der Waals surface area contributed by atoms with Crippen LogP contribution in [0.25, 0.3) is 44.1 Å². The highest BCUT2D eigenvalue weighted by Gasteiger charge is 2.17. The fourth-order valence-corrected chi connectivity index (χ4v) is 6.32. The first-order valence-electron chi connectivity index (χ1n) is 15.0. The number of halogens is 1. The minimum absolute atomic E-state index is 0.138. The van der Waals surface area contributed by atoms with Gasteiger partial charge in [-0.2, -0.15) is 4.98 Å². The zero-order valence-electron chi connectivity index (χ0n) is 24.8. The molecule has 8 heteroatoms. The van der Waals surface area contributed by atoms with E-state index in [2.05, 4.69) is 69.6 Å². The van der Waals surface area contributed by atoms with Gasteiger partial charge in [0.1, 0.15) is 5.65 Å². The predicted octanol–water partition coefficient (Wildman–Crippen LogP) is 7.45. The molecule has 0 amide bonds. The monoisotopic (exact) mass is 600 g/mol. The molecular weight excluding hydrogens is 568 g/mol. The number of fused-ring (bicyclic) bond motifs is 2. The second kappa shape index (κ2) is 11.8. The molecule has 1 fully saturated rings. The summed E-state index contributed by atoms with van der Waals surface area (Å²) in [6.07, 6.45) is 1.76. The second-order valence-corrected chi connectivity index (χ2v) is 11.7. The first-order chi connectivity index (χ1) is 21.5. The van der Waals surface area contributed by atoms with Crippen LogP contribution >= 0.6 is 11.6 Å². The minimum atomic E-state index is -0.138. The van der Waals surface area contributed by atoms with Crippen LogP contribution in [0, 0.1) is 0 Å². The molecule has 0 bridgehead atoms. The van der Waals surface area contributed by atoms with Crippen molar-refractivity contribution in [1.29, 1.82) is 0 Å². The van der Waals surface area contributed by atoms with Gasteiger partial charge >= 0.3 is 0 Å². The second-order valence-electron chi connectivity index (χ2n) is 11.3. The van der Waals surface area contributed by atoms with Crippen LogP contribution in [0.5, 0.6) is 0 Å². The zero-order chi connectivity index (χ0) is 30.2. The number of rotatable bonds is 6. The van der Waals surface area contributed by atoms with Gasteiger partial charge in [-0.25, -0.2) is 4.98 Å².